The van der Waals surface area contributed by atoms with E-state index in [1.807, 2.05) is 24.3 Å². The average Bonchev–Trinajstić information content (AvgIpc) is 3.07. The van der Waals surface area contributed by atoms with Gasteiger partial charge in [-0.3, -0.25) is 4.79 Å². The number of piperidine rings is 1. The first-order valence-corrected chi connectivity index (χ1v) is 9.04. The highest BCUT2D eigenvalue weighted by molar-refractivity contribution is 9.10. The van der Waals surface area contributed by atoms with Crippen molar-refractivity contribution in [3.05, 3.63) is 58.4 Å². The lowest BCUT2D eigenvalue weighted by atomic mass is 9.96. The van der Waals surface area contributed by atoms with Crippen molar-refractivity contribution in [3.8, 4) is 5.75 Å². The zero-order valence-corrected chi connectivity index (χ0v) is 15.1. The van der Waals surface area contributed by atoms with Gasteiger partial charge in [0.15, 0.2) is 11.5 Å². The van der Waals surface area contributed by atoms with E-state index in [1.165, 1.54) is 6.07 Å². The Morgan fingerprint density at radius 2 is 1.96 bits per heavy atom. The highest BCUT2D eigenvalue weighted by Crippen LogP contribution is 2.31. The van der Waals surface area contributed by atoms with E-state index in [9.17, 15) is 9.90 Å². The standard InChI is InChI=1S/C19H17BrN2O3/c20-13-5-6-16(23)14(11-13)19(24)22-9-7-12(8-10-22)18-21-15-3-1-2-4-17(15)25-18/h1-6,11-12,23H,7-10H2. The lowest BCUT2D eigenvalue weighted by molar-refractivity contribution is 0.0703. The molecule has 0 spiro atoms. The predicted octanol–water partition coefficient (Wildman–Crippen LogP) is 4.32. The van der Waals surface area contributed by atoms with Gasteiger partial charge in [-0.25, -0.2) is 4.98 Å². The summed E-state index contributed by atoms with van der Waals surface area (Å²) in [6.45, 7) is 1.24. The number of hydrogen-bond acceptors (Lipinski definition) is 4. The summed E-state index contributed by atoms with van der Waals surface area (Å²) in [5.41, 5.74) is 2.00. The van der Waals surface area contributed by atoms with Gasteiger partial charge >= 0.3 is 0 Å². The fraction of sp³-hybridized carbons (Fsp3) is 0.263. The Bertz CT molecular complexity index is 896. The quantitative estimate of drug-likeness (QED) is 0.695. The zero-order chi connectivity index (χ0) is 17.4. The van der Waals surface area contributed by atoms with Crippen LogP contribution in [0.1, 0.15) is 35.0 Å². The molecular weight excluding hydrogens is 384 g/mol. The summed E-state index contributed by atoms with van der Waals surface area (Å²) in [7, 11) is 0. The minimum atomic E-state index is -0.144. The van der Waals surface area contributed by atoms with Gasteiger partial charge in [0, 0.05) is 23.5 Å². The number of aromatic nitrogens is 1. The van der Waals surface area contributed by atoms with Crippen molar-refractivity contribution in [3.63, 3.8) is 0 Å². The van der Waals surface area contributed by atoms with Gasteiger partial charge < -0.3 is 14.4 Å². The van der Waals surface area contributed by atoms with Gasteiger partial charge in [0.05, 0.1) is 5.56 Å². The molecule has 0 atom stereocenters. The molecule has 1 aliphatic rings. The Balaban J connectivity index is 1.47. The summed E-state index contributed by atoms with van der Waals surface area (Å²) < 4.78 is 6.64. The molecule has 0 bridgehead atoms. The molecule has 1 aliphatic heterocycles. The molecule has 0 radical (unpaired) electrons. The van der Waals surface area contributed by atoms with E-state index in [1.54, 1.807) is 17.0 Å². The number of phenols is 1. The average molecular weight is 401 g/mol. The third-order valence-corrected chi connectivity index (χ3v) is 5.12. The second kappa shape index (κ2) is 6.52. The number of oxazole rings is 1. The lowest BCUT2D eigenvalue weighted by Gasteiger charge is -2.30. The number of para-hydroxylation sites is 2. The van der Waals surface area contributed by atoms with E-state index in [2.05, 4.69) is 20.9 Å². The third-order valence-electron chi connectivity index (χ3n) is 4.63. The maximum atomic E-state index is 12.7. The van der Waals surface area contributed by atoms with Gasteiger partial charge in [-0.15, -0.1) is 0 Å². The largest absolute Gasteiger partial charge is 0.507 e. The van der Waals surface area contributed by atoms with Crippen LogP contribution in [0.4, 0.5) is 0 Å². The van der Waals surface area contributed by atoms with E-state index >= 15 is 0 Å². The Morgan fingerprint density at radius 3 is 2.72 bits per heavy atom. The van der Waals surface area contributed by atoms with E-state index in [0.29, 0.717) is 18.7 Å². The number of hydrogen-bond donors (Lipinski definition) is 1. The monoisotopic (exact) mass is 400 g/mol. The number of halogens is 1. The normalized spacial score (nSPS) is 15.6. The number of likely N-dealkylation sites (tertiary alicyclic amines) is 1. The first-order chi connectivity index (χ1) is 12.1. The molecule has 2 heterocycles. The third kappa shape index (κ3) is 3.14. The van der Waals surface area contributed by atoms with Crippen LogP contribution in [0, 0.1) is 0 Å². The topological polar surface area (TPSA) is 66.6 Å². The Labute approximate surface area is 153 Å². The molecule has 0 unspecified atom stereocenters. The number of rotatable bonds is 2. The van der Waals surface area contributed by atoms with Gasteiger partial charge in [0.25, 0.3) is 5.91 Å². The van der Waals surface area contributed by atoms with Gasteiger partial charge in [-0.05, 0) is 43.2 Å². The van der Waals surface area contributed by atoms with Crippen LogP contribution in [-0.4, -0.2) is 34.0 Å². The van der Waals surface area contributed by atoms with E-state index in [4.69, 9.17) is 4.42 Å². The van der Waals surface area contributed by atoms with Crippen molar-refractivity contribution in [1.82, 2.24) is 9.88 Å². The van der Waals surface area contributed by atoms with E-state index in [0.717, 1.165) is 34.3 Å². The summed E-state index contributed by atoms with van der Waals surface area (Å²) in [5.74, 6) is 0.829. The van der Waals surface area contributed by atoms with E-state index < -0.39 is 0 Å². The van der Waals surface area contributed by atoms with Crippen molar-refractivity contribution < 1.29 is 14.3 Å². The van der Waals surface area contributed by atoms with Crippen LogP contribution in [-0.2, 0) is 0 Å². The van der Waals surface area contributed by atoms with Crippen LogP contribution in [0.5, 0.6) is 5.75 Å². The molecule has 3 aromatic rings. The van der Waals surface area contributed by atoms with Crippen LogP contribution in [0.3, 0.4) is 0 Å². The van der Waals surface area contributed by atoms with Crippen molar-refractivity contribution in [2.75, 3.05) is 13.1 Å². The van der Waals surface area contributed by atoms with Crippen LogP contribution >= 0.6 is 15.9 Å². The number of phenolic OH excluding ortho intramolecular Hbond substituents is 1. The van der Waals surface area contributed by atoms with Crippen LogP contribution in [0.2, 0.25) is 0 Å². The molecule has 25 heavy (non-hydrogen) atoms. The number of carbonyl (C=O) groups is 1. The molecule has 1 aromatic heterocycles. The molecule has 5 nitrogen and oxygen atoms in total. The van der Waals surface area contributed by atoms with Gasteiger partial charge in [0.2, 0.25) is 0 Å². The highest BCUT2D eigenvalue weighted by atomic mass is 79.9. The number of carbonyl (C=O) groups excluding carboxylic acids is 1. The number of benzene rings is 2. The Morgan fingerprint density at radius 1 is 1.20 bits per heavy atom. The lowest BCUT2D eigenvalue weighted by Crippen LogP contribution is -2.38. The smallest absolute Gasteiger partial charge is 0.257 e. The number of amides is 1. The second-order valence-electron chi connectivity index (χ2n) is 6.25. The van der Waals surface area contributed by atoms with Crippen molar-refractivity contribution >= 4 is 32.9 Å². The number of aromatic hydroxyl groups is 1. The summed E-state index contributed by atoms with van der Waals surface area (Å²) in [6, 6.07) is 12.6. The van der Waals surface area contributed by atoms with E-state index in [-0.39, 0.29) is 17.6 Å². The summed E-state index contributed by atoms with van der Waals surface area (Å²) in [5, 5.41) is 9.95. The number of fused-ring (bicyclic) bond motifs is 1. The van der Waals surface area contributed by atoms with Crippen LogP contribution in [0.25, 0.3) is 11.1 Å². The molecule has 1 amide bonds. The molecule has 6 heteroatoms. The maximum absolute atomic E-state index is 12.7. The fourth-order valence-electron chi connectivity index (χ4n) is 3.24. The minimum Gasteiger partial charge on any atom is -0.507 e. The molecular formula is C19H17BrN2O3. The molecule has 128 valence electrons. The fourth-order valence-corrected chi connectivity index (χ4v) is 3.61. The second-order valence-corrected chi connectivity index (χ2v) is 7.16. The van der Waals surface area contributed by atoms with Gasteiger partial charge in [-0.1, -0.05) is 28.1 Å². The summed E-state index contributed by atoms with van der Waals surface area (Å²) in [6.07, 6.45) is 1.60. The molecule has 0 saturated carbocycles. The van der Waals surface area contributed by atoms with Crippen LogP contribution < -0.4 is 0 Å². The molecule has 4 rings (SSSR count). The van der Waals surface area contributed by atoms with Gasteiger partial charge in [0.1, 0.15) is 11.3 Å². The number of nitrogens with zero attached hydrogens (tertiary/aromatic N) is 2. The van der Waals surface area contributed by atoms with Crippen molar-refractivity contribution in [1.29, 1.82) is 0 Å². The van der Waals surface area contributed by atoms with Crippen LogP contribution in [0.15, 0.2) is 51.4 Å². The zero-order valence-electron chi connectivity index (χ0n) is 13.5. The molecule has 1 saturated heterocycles. The van der Waals surface area contributed by atoms with Crippen molar-refractivity contribution in [2.24, 2.45) is 0 Å². The predicted molar refractivity (Wildman–Crippen MR) is 97.7 cm³/mol. The first kappa shape index (κ1) is 16.1. The van der Waals surface area contributed by atoms with Gasteiger partial charge in [-0.2, -0.15) is 0 Å². The Hall–Kier alpha value is -2.34. The molecule has 0 aliphatic carbocycles. The molecule has 2 aromatic carbocycles. The first-order valence-electron chi connectivity index (χ1n) is 8.25. The molecule has 1 fully saturated rings. The summed E-state index contributed by atoms with van der Waals surface area (Å²) >= 11 is 3.34. The Kier molecular flexibility index (Phi) is 4.21. The maximum Gasteiger partial charge on any atom is 0.257 e. The minimum absolute atomic E-state index is 0.00859. The summed E-state index contributed by atoms with van der Waals surface area (Å²) in [4.78, 5) is 19.0. The SMILES string of the molecule is O=C(c1cc(Br)ccc1O)N1CCC(c2nc3ccccc3o2)CC1. The highest BCUT2D eigenvalue weighted by Gasteiger charge is 2.28. The molecule has 1 N–H and O–H groups in total. The van der Waals surface area contributed by atoms with Crippen molar-refractivity contribution in [2.45, 2.75) is 18.8 Å².